The van der Waals surface area contributed by atoms with Gasteiger partial charge in [0, 0.05) is 25.1 Å². The molecule has 2 amide bonds. The number of aryl methyl sites for hydroxylation is 1. The lowest BCUT2D eigenvalue weighted by Crippen LogP contribution is -2.52. The van der Waals surface area contributed by atoms with Crippen molar-refractivity contribution in [3.63, 3.8) is 0 Å². The lowest BCUT2D eigenvalue weighted by molar-refractivity contribution is -0.0743. The van der Waals surface area contributed by atoms with Gasteiger partial charge in [-0.05, 0) is 32.1 Å². The van der Waals surface area contributed by atoms with E-state index in [0.29, 0.717) is 19.6 Å². The van der Waals surface area contributed by atoms with Crippen molar-refractivity contribution in [2.75, 3.05) is 13.1 Å². The van der Waals surface area contributed by atoms with E-state index >= 15 is 0 Å². The molecule has 128 valence electrons. The van der Waals surface area contributed by atoms with Crippen LogP contribution in [0.3, 0.4) is 0 Å². The Morgan fingerprint density at radius 3 is 2.61 bits per heavy atom. The quantitative estimate of drug-likeness (QED) is 0.926. The number of morpholine rings is 1. The van der Waals surface area contributed by atoms with Crippen molar-refractivity contribution in [3.05, 3.63) is 17.0 Å². The number of carbonyl (C=O) groups excluding carboxylic acids is 1. The fourth-order valence-electron chi connectivity index (χ4n) is 3.40. The zero-order valence-electron chi connectivity index (χ0n) is 14.1. The Balaban J connectivity index is 1.57. The number of hydrogen-bond donors (Lipinski definition) is 1. The Hall–Kier alpha value is -1.56. The second-order valence-electron chi connectivity index (χ2n) is 6.50. The average molecular weight is 321 g/mol. The normalized spacial score (nSPS) is 24.3. The minimum atomic E-state index is -0.0299. The van der Waals surface area contributed by atoms with Gasteiger partial charge in [-0.3, -0.25) is 0 Å². The van der Waals surface area contributed by atoms with Gasteiger partial charge in [0.15, 0.2) is 0 Å². The van der Waals surface area contributed by atoms with Crippen LogP contribution in [0.4, 0.5) is 4.79 Å². The van der Waals surface area contributed by atoms with E-state index in [9.17, 15) is 4.79 Å². The standard InChI is InChI=1S/C17H27N3O3/c1-3-12-10-20(11-13(4-2)22-12)17(21)18-9-15-14-7-5-6-8-16(14)23-19-15/h12-13H,3-11H2,1-2H3,(H,18,21). The third-order valence-corrected chi connectivity index (χ3v) is 4.87. The van der Waals surface area contributed by atoms with Crippen LogP contribution < -0.4 is 5.32 Å². The van der Waals surface area contributed by atoms with Crippen LogP contribution in [0.2, 0.25) is 0 Å². The van der Waals surface area contributed by atoms with Crippen LogP contribution in [-0.4, -0.2) is 41.4 Å². The van der Waals surface area contributed by atoms with E-state index in [2.05, 4.69) is 24.3 Å². The summed E-state index contributed by atoms with van der Waals surface area (Å²) in [6.07, 6.45) is 6.45. The number of ether oxygens (including phenoxy) is 1. The fourth-order valence-corrected chi connectivity index (χ4v) is 3.40. The molecule has 3 rings (SSSR count). The third kappa shape index (κ3) is 3.68. The van der Waals surface area contributed by atoms with E-state index in [0.717, 1.165) is 37.1 Å². The third-order valence-electron chi connectivity index (χ3n) is 4.87. The molecule has 0 aromatic carbocycles. The van der Waals surface area contributed by atoms with E-state index in [1.807, 2.05) is 4.90 Å². The maximum Gasteiger partial charge on any atom is 0.317 e. The van der Waals surface area contributed by atoms with Crippen molar-refractivity contribution in [2.24, 2.45) is 0 Å². The second-order valence-corrected chi connectivity index (χ2v) is 6.50. The number of urea groups is 1. The first-order valence-electron chi connectivity index (χ1n) is 8.85. The van der Waals surface area contributed by atoms with Gasteiger partial charge < -0.3 is 19.5 Å². The van der Waals surface area contributed by atoms with Crippen molar-refractivity contribution >= 4 is 6.03 Å². The molecule has 2 aliphatic rings. The predicted molar refractivity (Wildman–Crippen MR) is 86.2 cm³/mol. The highest BCUT2D eigenvalue weighted by molar-refractivity contribution is 5.74. The molecule has 2 unspecified atom stereocenters. The summed E-state index contributed by atoms with van der Waals surface area (Å²) in [7, 11) is 0. The average Bonchev–Trinajstić information content (AvgIpc) is 3.02. The summed E-state index contributed by atoms with van der Waals surface area (Å²) >= 11 is 0. The smallest absolute Gasteiger partial charge is 0.317 e. The van der Waals surface area contributed by atoms with Crippen LogP contribution in [0.1, 0.15) is 56.5 Å². The zero-order chi connectivity index (χ0) is 16.2. The molecule has 1 aromatic heterocycles. The number of rotatable bonds is 4. The van der Waals surface area contributed by atoms with Gasteiger partial charge in [0.1, 0.15) is 11.5 Å². The number of fused-ring (bicyclic) bond motifs is 1. The molecule has 1 aliphatic heterocycles. The van der Waals surface area contributed by atoms with Crippen molar-refractivity contribution in [1.29, 1.82) is 0 Å². The van der Waals surface area contributed by atoms with Gasteiger partial charge in [-0.1, -0.05) is 19.0 Å². The minimum Gasteiger partial charge on any atom is -0.371 e. The SMILES string of the molecule is CCC1CN(C(=O)NCc2noc3c2CCCC3)CC(CC)O1. The van der Waals surface area contributed by atoms with Gasteiger partial charge in [0.25, 0.3) is 0 Å². The van der Waals surface area contributed by atoms with E-state index in [1.165, 1.54) is 18.4 Å². The minimum absolute atomic E-state index is 0.0299. The molecule has 0 radical (unpaired) electrons. The summed E-state index contributed by atoms with van der Waals surface area (Å²) < 4.78 is 11.3. The molecule has 2 atom stereocenters. The molecular formula is C17H27N3O3. The first-order valence-corrected chi connectivity index (χ1v) is 8.85. The van der Waals surface area contributed by atoms with Crippen LogP contribution in [0, 0.1) is 0 Å². The van der Waals surface area contributed by atoms with E-state index < -0.39 is 0 Å². The van der Waals surface area contributed by atoms with Gasteiger partial charge in [0.05, 0.1) is 18.8 Å². The van der Waals surface area contributed by atoms with Crippen LogP contribution in [-0.2, 0) is 24.1 Å². The molecule has 0 spiro atoms. The Bertz CT molecular complexity index is 531. The molecule has 2 heterocycles. The molecule has 1 fully saturated rings. The predicted octanol–water partition coefficient (Wildman–Crippen LogP) is 2.65. The Labute approximate surface area is 137 Å². The summed E-state index contributed by atoms with van der Waals surface area (Å²) in [5, 5.41) is 7.15. The van der Waals surface area contributed by atoms with Crippen molar-refractivity contribution in [2.45, 2.75) is 71.1 Å². The van der Waals surface area contributed by atoms with Crippen LogP contribution in [0.15, 0.2) is 4.52 Å². The molecule has 6 nitrogen and oxygen atoms in total. The lowest BCUT2D eigenvalue weighted by Gasteiger charge is -2.37. The lowest BCUT2D eigenvalue weighted by atomic mass is 9.96. The molecule has 1 aliphatic carbocycles. The second kappa shape index (κ2) is 7.34. The van der Waals surface area contributed by atoms with Gasteiger partial charge in [-0.15, -0.1) is 0 Å². The first kappa shape index (κ1) is 16.3. The number of nitrogens with one attached hydrogen (secondary N) is 1. The summed E-state index contributed by atoms with van der Waals surface area (Å²) in [5.74, 6) is 1.00. The molecule has 1 N–H and O–H groups in total. The fraction of sp³-hybridized carbons (Fsp3) is 0.765. The zero-order valence-corrected chi connectivity index (χ0v) is 14.1. The van der Waals surface area contributed by atoms with E-state index in [4.69, 9.17) is 9.26 Å². The highest BCUT2D eigenvalue weighted by Gasteiger charge is 2.29. The van der Waals surface area contributed by atoms with Crippen LogP contribution in [0.25, 0.3) is 0 Å². The molecular weight excluding hydrogens is 294 g/mol. The summed E-state index contributed by atoms with van der Waals surface area (Å²) in [6, 6.07) is -0.0299. The molecule has 0 bridgehead atoms. The van der Waals surface area contributed by atoms with Crippen molar-refractivity contribution in [3.8, 4) is 0 Å². The molecule has 1 aromatic rings. The molecule has 1 saturated heterocycles. The van der Waals surface area contributed by atoms with Gasteiger partial charge in [-0.25, -0.2) is 4.79 Å². The number of nitrogens with zero attached hydrogens (tertiary/aromatic N) is 2. The Morgan fingerprint density at radius 2 is 1.91 bits per heavy atom. The highest BCUT2D eigenvalue weighted by Crippen LogP contribution is 2.24. The Kier molecular flexibility index (Phi) is 5.20. The summed E-state index contributed by atoms with van der Waals surface area (Å²) in [6.45, 7) is 5.97. The van der Waals surface area contributed by atoms with Gasteiger partial charge >= 0.3 is 6.03 Å². The number of amides is 2. The Morgan fingerprint density at radius 1 is 1.22 bits per heavy atom. The molecule has 23 heavy (non-hydrogen) atoms. The van der Waals surface area contributed by atoms with Crippen LogP contribution >= 0.6 is 0 Å². The summed E-state index contributed by atoms with van der Waals surface area (Å²) in [5.41, 5.74) is 2.09. The monoisotopic (exact) mass is 321 g/mol. The van der Waals surface area contributed by atoms with Crippen molar-refractivity contribution in [1.82, 2.24) is 15.4 Å². The van der Waals surface area contributed by atoms with E-state index in [-0.39, 0.29) is 18.2 Å². The number of hydrogen-bond acceptors (Lipinski definition) is 4. The maximum atomic E-state index is 12.5. The van der Waals surface area contributed by atoms with Crippen molar-refractivity contribution < 1.29 is 14.1 Å². The first-order chi connectivity index (χ1) is 11.2. The van der Waals surface area contributed by atoms with Gasteiger partial charge in [0.2, 0.25) is 0 Å². The maximum absolute atomic E-state index is 12.5. The topological polar surface area (TPSA) is 67.6 Å². The van der Waals surface area contributed by atoms with Crippen LogP contribution in [0.5, 0.6) is 0 Å². The number of carbonyl (C=O) groups is 1. The van der Waals surface area contributed by atoms with Gasteiger partial charge in [-0.2, -0.15) is 0 Å². The van der Waals surface area contributed by atoms with E-state index in [1.54, 1.807) is 0 Å². The largest absolute Gasteiger partial charge is 0.371 e. The molecule has 0 saturated carbocycles. The number of aromatic nitrogens is 1. The molecule has 6 heteroatoms. The summed E-state index contributed by atoms with van der Waals surface area (Å²) in [4.78, 5) is 14.4. The highest BCUT2D eigenvalue weighted by atomic mass is 16.5.